The molecule has 7 heteroatoms. The molecule has 1 amide bonds. The number of carbonyl (C=O) groups is 1. The molecule has 1 aromatic rings. The fourth-order valence-electron chi connectivity index (χ4n) is 4.34. The lowest BCUT2D eigenvalue weighted by Gasteiger charge is -2.41. The average Bonchev–Trinajstić information content (AvgIpc) is 2.61. The Morgan fingerprint density at radius 1 is 1.19 bits per heavy atom. The molecule has 1 saturated carbocycles. The van der Waals surface area contributed by atoms with Gasteiger partial charge >= 0.3 is 0 Å². The molecule has 6 nitrogen and oxygen atoms in total. The number of amides is 1. The molecule has 144 valence electrons. The van der Waals surface area contributed by atoms with E-state index in [4.69, 9.17) is 5.14 Å². The van der Waals surface area contributed by atoms with Crippen LogP contribution in [0.25, 0.3) is 0 Å². The number of sulfonamides is 1. The minimum Gasteiger partial charge on any atom is -0.348 e. The Bertz CT molecular complexity index is 733. The van der Waals surface area contributed by atoms with Crippen molar-refractivity contribution in [2.45, 2.75) is 50.0 Å². The van der Waals surface area contributed by atoms with Gasteiger partial charge in [-0.15, -0.1) is 0 Å². The second kappa shape index (κ2) is 8.06. The van der Waals surface area contributed by atoms with Crippen LogP contribution in [-0.2, 0) is 14.8 Å². The Morgan fingerprint density at radius 2 is 1.85 bits per heavy atom. The Balaban J connectivity index is 1.51. The molecule has 0 aromatic heterocycles. The van der Waals surface area contributed by atoms with Crippen LogP contribution >= 0.6 is 0 Å². The van der Waals surface area contributed by atoms with Gasteiger partial charge in [0.05, 0.1) is 17.5 Å². The summed E-state index contributed by atoms with van der Waals surface area (Å²) in [4.78, 5) is 14.8. The summed E-state index contributed by atoms with van der Waals surface area (Å²) in [5, 5.41) is 8.12. The molecule has 0 unspecified atom stereocenters. The molecule has 1 saturated heterocycles. The largest absolute Gasteiger partial charge is 0.348 e. The van der Waals surface area contributed by atoms with Gasteiger partial charge in [-0.25, -0.2) is 13.6 Å². The van der Waals surface area contributed by atoms with E-state index in [1.165, 1.54) is 44.2 Å². The smallest absolute Gasteiger partial charge is 0.238 e. The number of hydrogen-bond acceptors (Lipinski definition) is 4. The van der Waals surface area contributed by atoms with Crippen LogP contribution in [0.1, 0.15) is 50.6 Å². The van der Waals surface area contributed by atoms with Gasteiger partial charge in [0.15, 0.2) is 0 Å². The molecule has 3 rings (SSSR count). The third kappa shape index (κ3) is 4.84. The second-order valence-corrected chi connectivity index (χ2v) is 9.29. The minimum atomic E-state index is -3.69. The standard InChI is InChI=1S/C19H29N3O3S/c1-14(15-6-8-18(9-7-15)26(20,24)25)21-19(23)13-22-11-10-16-4-2-3-5-17(16)12-22/h6-9,14,16-17H,2-5,10-13H2,1H3,(H,21,23)(H2,20,24,25)/t14-,16+,17-/m1/s1. The van der Waals surface area contributed by atoms with Gasteiger partial charge < -0.3 is 5.32 Å². The van der Waals surface area contributed by atoms with E-state index in [0.717, 1.165) is 30.5 Å². The maximum absolute atomic E-state index is 12.4. The Morgan fingerprint density at radius 3 is 2.50 bits per heavy atom. The van der Waals surface area contributed by atoms with E-state index in [1.807, 2.05) is 6.92 Å². The number of likely N-dealkylation sites (tertiary alicyclic amines) is 1. The molecular weight excluding hydrogens is 350 g/mol. The summed E-state index contributed by atoms with van der Waals surface area (Å²) in [5.41, 5.74) is 0.858. The van der Waals surface area contributed by atoms with E-state index < -0.39 is 10.0 Å². The minimum absolute atomic E-state index is 0.0160. The SMILES string of the molecule is C[C@@H](NC(=O)CN1CC[C@@H]2CCCC[C@@H]2C1)c1ccc(S(N)(=O)=O)cc1. The fourth-order valence-corrected chi connectivity index (χ4v) is 4.85. The normalized spacial score (nSPS) is 25.3. The van der Waals surface area contributed by atoms with E-state index in [9.17, 15) is 13.2 Å². The topological polar surface area (TPSA) is 92.5 Å². The zero-order valence-corrected chi connectivity index (χ0v) is 16.2. The summed E-state index contributed by atoms with van der Waals surface area (Å²) in [7, 11) is -3.69. The van der Waals surface area contributed by atoms with Crippen molar-refractivity contribution >= 4 is 15.9 Å². The molecule has 1 aliphatic carbocycles. The van der Waals surface area contributed by atoms with Crippen molar-refractivity contribution in [2.75, 3.05) is 19.6 Å². The highest BCUT2D eigenvalue weighted by molar-refractivity contribution is 7.89. The van der Waals surface area contributed by atoms with Crippen LogP contribution in [0.2, 0.25) is 0 Å². The third-order valence-corrected chi connectivity index (χ3v) is 6.76. The van der Waals surface area contributed by atoms with Crippen molar-refractivity contribution in [2.24, 2.45) is 17.0 Å². The van der Waals surface area contributed by atoms with Crippen LogP contribution in [0.5, 0.6) is 0 Å². The summed E-state index contributed by atoms with van der Waals surface area (Å²) in [5.74, 6) is 1.63. The Labute approximate surface area is 156 Å². The predicted molar refractivity (Wildman–Crippen MR) is 101 cm³/mol. The lowest BCUT2D eigenvalue weighted by molar-refractivity contribution is -0.123. The first-order chi connectivity index (χ1) is 12.3. The van der Waals surface area contributed by atoms with Gasteiger partial charge in [-0.05, 0) is 55.8 Å². The molecule has 0 spiro atoms. The predicted octanol–water partition coefficient (Wildman–Crippen LogP) is 2.02. The van der Waals surface area contributed by atoms with Crippen LogP contribution in [0.4, 0.5) is 0 Å². The van der Waals surface area contributed by atoms with E-state index in [1.54, 1.807) is 12.1 Å². The molecule has 0 radical (unpaired) electrons. The van der Waals surface area contributed by atoms with Crippen LogP contribution in [0.15, 0.2) is 29.2 Å². The third-order valence-electron chi connectivity index (χ3n) is 5.83. The molecule has 3 atom stereocenters. The number of benzene rings is 1. The van der Waals surface area contributed by atoms with E-state index >= 15 is 0 Å². The van der Waals surface area contributed by atoms with Crippen molar-refractivity contribution in [1.29, 1.82) is 0 Å². The highest BCUT2D eigenvalue weighted by Gasteiger charge is 2.31. The van der Waals surface area contributed by atoms with Crippen molar-refractivity contribution in [1.82, 2.24) is 10.2 Å². The van der Waals surface area contributed by atoms with Gasteiger partial charge in [0, 0.05) is 6.54 Å². The van der Waals surface area contributed by atoms with Crippen molar-refractivity contribution in [3.05, 3.63) is 29.8 Å². The molecular formula is C19H29N3O3S. The lowest BCUT2D eigenvalue weighted by Crippen LogP contribution is -2.46. The maximum atomic E-state index is 12.4. The number of hydrogen-bond donors (Lipinski definition) is 2. The number of nitrogens with one attached hydrogen (secondary N) is 1. The molecule has 1 aliphatic heterocycles. The van der Waals surface area contributed by atoms with Gasteiger partial charge in [-0.1, -0.05) is 31.4 Å². The quantitative estimate of drug-likeness (QED) is 0.819. The van der Waals surface area contributed by atoms with Gasteiger partial charge in [-0.3, -0.25) is 9.69 Å². The number of nitrogens with two attached hydrogens (primary N) is 1. The fraction of sp³-hybridized carbons (Fsp3) is 0.632. The zero-order valence-electron chi connectivity index (χ0n) is 15.4. The first-order valence-corrected chi connectivity index (χ1v) is 11.0. The van der Waals surface area contributed by atoms with Gasteiger partial charge in [0.1, 0.15) is 0 Å². The number of carbonyl (C=O) groups excluding carboxylic acids is 1. The lowest BCUT2D eigenvalue weighted by atomic mass is 9.75. The summed E-state index contributed by atoms with van der Waals surface area (Å²) in [6, 6.07) is 6.16. The number of fused-ring (bicyclic) bond motifs is 1. The monoisotopic (exact) mass is 379 g/mol. The van der Waals surface area contributed by atoms with Gasteiger partial charge in [0.25, 0.3) is 0 Å². The average molecular weight is 380 g/mol. The zero-order chi connectivity index (χ0) is 18.7. The Kier molecular flexibility index (Phi) is 5.99. The number of primary sulfonamides is 1. The van der Waals surface area contributed by atoms with Gasteiger partial charge in [-0.2, -0.15) is 0 Å². The summed E-state index contributed by atoms with van der Waals surface area (Å²) < 4.78 is 22.6. The van der Waals surface area contributed by atoms with Crippen molar-refractivity contribution < 1.29 is 13.2 Å². The molecule has 2 fully saturated rings. The summed E-state index contributed by atoms with van der Waals surface area (Å²) in [6.07, 6.45) is 6.56. The second-order valence-electron chi connectivity index (χ2n) is 7.73. The molecule has 0 bridgehead atoms. The van der Waals surface area contributed by atoms with Crippen molar-refractivity contribution in [3.8, 4) is 0 Å². The first kappa shape index (κ1) is 19.3. The van der Waals surface area contributed by atoms with Crippen LogP contribution in [0, 0.1) is 11.8 Å². The Hall–Kier alpha value is -1.44. The molecule has 2 aliphatic rings. The highest BCUT2D eigenvalue weighted by atomic mass is 32.2. The number of piperidine rings is 1. The van der Waals surface area contributed by atoms with Crippen LogP contribution in [0.3, 0.4) is 0 Å². The molecule has 1 aromatic carbocycles. The van der Waals surface area contributed by atoms with Gasteiger partial charge in [0.2, 0.25) is 15.9 Å². The molecule has 26 heavy (non-hydrogen) atoms. The number of nitrogens with zero attached hydrogens (tertiary/aromatic N) is 1. The molecule has 1 heterocycles. The van der Waals surface area contributed by atoms with Crippen molar-refractivity contribution in [3.63, 3.8) is 0 Å². The number of rotatable bonds is 5. The summed E-state index contributed by atoms with van der Waals surface area (Å²) >= 11 is 0. The van der Waals surface area contributed by atoms with Crippen LogP contribution in [-0.4, -0.2) is 38.9 Å². The van der Waals surface area contributed by atoms with Crippen LogP contribution < -0.4 is 10.5 Å². The molecule has 3 N–H and O–H groups in total. The van der Waals surface area contributed by atoms with E-state index in [-0.39, 0.29) is 16.8 Å². The summed E-state index contributed by atoms with van der Waals surface area (Å²) in [6.45, 7) is 4.38. The van der Waals surface area contributed by atoms with E-state index in [2.05, 4.69) is 10.2 Å². The van der Waals surface area contributed by atoms with E-state index in [0.29, 0.717) is 6.54 Å². The highest BCUT2D eigenvalue weighted by Crippen LogP contribution is 2.35. The maximum Gasteiger partial charge on any atom is 0.238 e. The first-order valence-electron chi connectivity index (χ1n) is 9.47.